The quantitative estimate of drug-likeness (QED) is 0.768. The van der Waals surface area contributed by atoms with E-state index in [1.807, 2.05) is 32.3 Å². The summed E-state index contributed by atoms with van der Waals surface area (Å²) in [5.41, 5.74) is 3.79. The Morgan fingerprint density at radius 2 is 2.26 bits per heavy atom. The molecule has 5 heteroatoms. The summed E-state index contributed by atoms with van der Waals surface area (Å²) in [6, 6.07) is 7.76. The van der Waals surface area contributed by atoms with Gasteiger partial charge in [-0.15, -0.1) is 0 Å². The first kappa shape index (κ1) is 11.8. The molecule has 0 aliphatic carbocycles. The molecule has 0 atom stereocenters. The lowest BCUT2D eigenvalue weighted by Crippen LogP contribution is -2.12. The van der Waals surface area contributed by atoms with Crippen LogP contribution in [0.25, 0.3) is 16.8 Å². The first-order valence-electron chi connectivity index (χ1n) is 6.25. The van der Waals surface area contributed by atoms with Gasteiger partial charge < -0.3 is 9.88 Å². The van der Waals surface area contributed by atoms with E-state index in [0.29, 0.717) is 5.56 Å². The van der Waals surface area contributed by atoms with Crippen LogP contribution in [0.3, 0.4) is 0 Å². The van der Waals surface area contributed by atoms with Gasteiger partial charge in [-0.05, 0) is 25.2 Å². The summed E-state index contributed by atoms with van der Waals surface area (Å²) >= 11 is 0. The van der Waals surface area contributed by atoms with Gasteiger partial charge in [0.05, 0.1) is 22.7 Å². The number of aromatic nitrogens is 3. The summed E-state index contributed by atoms with van der Waals surface area (Å²) in [6.45, 7) is 0.942. The zero-order valence-corrected chi connectivity index (χ0v) is 11.0. The van der Waals surface area contributed by atoms with Crippen molar-refractivity contribution in [2.75, 3.05) is 13.6 Å². The largest absolute Gasteiger partial charge is 0.319 e. The Bertz CT molecular complexity index is 787. The first-order valence-corrected chi connectivity index (χ1v) is 6.25. The van der Waals surface area contributed by atoms with Gasteiger partial charge in [-0.1, -0.05) is 0 Å². The van der Waals surface area contributed by atoms with Gasteiger partial charge in [0.2, 0.25) is 5.78 Å². The van der Waals surface area contributed by atoms with Crippen LogP contribution in [-0.4, -0.2) is 27.5 Å². The van der Waals surface area contributed by atoms with Crippen molar-refractivity contribution in [3.63, 3.8) is 0 Å². The zero-order valence-electron chi connectivity index (χ0n) is 11.0. The highest BCUT2D eigenvalue weighted by Gasteiger charge is 2.11. The second-order valence-electron chi connectivity index (χ2n) is 4.63. The molecule has 2 aromatic heterocycles. The van der Waals surface area contributed by atoms with Crippen molar-refractivity contribution in [2.24, 2.45) is 7.05 Å². The fourth-order valence-electron chi connectivity index (χ4n) is 2.37. The number of rotatable bonds is 3. The van der Waals surface area contributed by atoms with Gasteiger partial charge in [-0.25, -0.2) is 4.98 Å². The number of fused-ring (bicyclic) bond motifs is 3. The molecular weight excluding hydrogens is 238 g/mol. The second-order valence-corrected chi connectivity index (χ2v) is 4.63. The third-order valence-electron chi connectivity index (χ3n) is 3.44. The number of hydrogen-bond acceptors (Lipinski definition) is 3. The zero-order chi connectivity index (χ0) is 13.4. The fraction of sp³-hybridized carbons (Fsp3) is 0.286. The van der Waals surface area contributed by atoms with Gasteiger partial charge >= 0.3 is 0 Å². The molecule has 0 saturated heterocycles. The van der Waals surface area contributed by atoms with Crippen molar-refractivity contribution >= 4 is 16.8 Å². The Morgan fingerprint density at radius 3 is 3.00 bits per heavy atom. The number of benzene rings is 1. The topological polar surface area (TPSA) is 58.0 Å². The molecule has 19 heavy (non-hydrogen) atoms. The van der Waals surface area contributed by atoms with Crippen LogP contribution in [-0.2, 0) is 13.5 Å². The van der Waals surface area contributed by atoms with E-state index in [0.717, 1.165) is 29.8 Å². The predicted molar refractivity (Wildman–Crippen MR) is 74.0 cm³/mol. The molecule has 0 radical (unpaired) electrons. The average molecular weight is 253 g/mol. The van der Waals surface area contributed by atoms with Crippen LogP contribution < -0.4 is 5.32 Å². The molecule has 0 bridgehead atoms. The summed E-state index contributed by atoms with van der Waals surface area (Å²) in [6.07, 6.45) is 3.09. The van der Waals surface area contributed by atoms with Crippen LogP contribution in [0, 0.1) is 11.3 Å². The number of nitriles is 1. The molecular formula is C14H15N5. The minimum absolute atomic E-state index is 0.645. The summed E-state index contributed by atoms with van der Waals surface area (Å²) in [4.78, 5) is 4.61. The van der Waals surface area contributed by atoms with Gasteiger partial charge in [0.15, 0.2) is 0 Å². The molecule has 96 valence electrons. The molecule has 2 heterocycles. The number of hydrogen-bond donors (Lipinski definition) is 1. The van der Waals surface area contributed by atoms with E-state index in [2.05, 4.69) is 31.5 Å². The maximum absolute atomic E-state index is 8.92. The number of nitrogens with one attached hydrogen (secondary N) is 1. The monoisotopic (exact) mass is 253 g/mol. The molecule has 3 rings (SSSR count). The van der Waals surface area contributed by atoms with Crippen LogP contribution in [0.1, 0.15) is 11.3 Å². The van der Waals surface area contributed by atoms with Crippen LogP contribution in [0.15, 0.2) is 24.4 Å². The van der Waals surface area contributed by atoms with E-state index in [1.165, 1.54) is 5.69 Å². The first-order chi connectivity index (χ1) is 9.24. The van der Waals surface area contributed by atoms with E-state index in [9.17, 15) is 0 Å². The fourth-order valence-corrected chi connectivity index (χ4v) is 2.37. The van der Waals surface area contributed by atoms with Crippen molar-refractivity contribution in [3.05, 3.63) is 35.7 Å². The third kappa shape index (κ3) is 1.77. The number of imidazole rings is 2. The van der Waals surface area contributed by atoms with E-state index in [-0.39, 0.29) is 0 Å². The number of likely N-dealkylation sites (N-methyl/N-ethyl adjacent to an activating group) is 1. The molecule has 0 saturated carbocycles. The van der Waals surface area contributed by atoms with Gasteiger partial charge in [0.25, 0.3) is 0 Å². The van der Waals surface area contributed by atoms with Crippen molar-refractivity contribution in [2.45, 2.75) is 6.42 Å². The van der Waals surface area contributed by atoms with Crippen LogP contribution in [0.2, 0.25) is 0 Å². The molecule has 0 unspecified atom stereocenters. The highest BCUT2D eigenvalue weighted by atomic mass is 15.2. The Hall–Kier alpha value is -2.32. The third-order valence-corrected chi connectivity index (χ3v) is 3.44. The molecule has 3 aromatic rings. The van der Waals surface area contributed by atoms with Crippen molar-refractivity contribution in [1.82, 2.24) is 19.3 Å². The minimum Gasteiger partial charge on any atom is -0.319 e. The minimum atomic E-state index is 0.645. The lowest BCUT2D eigenvalue weighted by molar-refractivity contribution is 0.744. The summed E-state index contributed by atoms with van der Waals surface area (Å²) in [5, 5.41) is 12.1. The molecule has 1 aromatic carbocycles. The molecule has 5 nitrogen and oxygen atoms in total. The highest BCUT2D eigenvalue weighted by Crippen LogP contribution is 2.20. The van der Waals surface area contributed by atoms with E-state index >= 15 is 0 Å². The summed E-state index contributed by atoms with van der Waals surface area (Å²) in [5.74, 6) is 0.913. The normalized spacial score (nSPS) is 11.2. The summed E-state index contributed by atoms with van der Waals surface area (Å²) < 4.78 is 4.19. The SMILES string of the molecule is CNCCc1cn2c3ccc(C#N)cc3nc2n1C. The van der Waals surface area contributed by atoms with Crippen molar-refractivity contribution in [3.8, 4) is 6.07 Å². The van der Waals surface area contributed by atoms with Gasteiger partial charge in [0.1, 0.15) is 0 Å². The van der Waals surface area contributed by atoms with Crippen LogP contribution >= 0.6 is 0 Å². The van der Waals surface area contributed by atoms with Gasteiger partial charge in [-0.2, -0.15) is 5.26 Å². The Morgan fingerprint density at radius 1 is 1.42 bits per heavy atom. The van der Waals surface area contributed by atoms with Crippen LogP contribution in [0.4, 0.5) is 0 Å². The van der Waals surface area contributed by atoms with Crippen LogP contribution in [0.5, 0.6) is 0 Å². The molecule has 0 spiro atoms. The lowest BCUT2D eigenvalue weighted by Gasteiger charge is -2.00. The maximum atomic E-state index is 8.92. The average Bonchev–Trinajstić information content (AvgIpc) is 2.93. The smallest absolute Gasteiger partial charge is 0.214 e. The molecule has 0 fully saturated rings. The number of aryl methyl sites for hydroxylation is 1. The highest BCUT2D eigenvalue weighted by molar-refractivity contribution is 5.81. The summed E-state index contributed by atoms with van der Waals surface area (Å²) in [7, 11) is 3.98. The molecule has 0 amide bonds. The van der Waals surface area contributed by atoms with Crippen molar-refractivity contribution < 1.29 is 0 Å². The predicted octanol–water partition coefficient (Wildman–Crippen LogP) is 1.46. The van der Waals surface area contributed by atoms with Gasteiger partial charge in [-0.3, -0.25) is 4.40 Å². The lowest BCUT2D eigenvalue weighted by atomic mass is 10.2. The Balaban J connectivity index is 2.19. The molecule has 1 N–H and O–H groups in total. The molecule has 0 aliphatic rings. The van der Waals surface area contributed by atoms with Crippen molar-refractivity contribution in [1.29, 1.82) is 5.26 Å². The van der Waals surface area contributed by atoms with E-state index in [4.69, 9.17) is 5.26 Å². The number of nitrogens with zero attached hydrogens (tertiary/aromatic N) is 4. The van der Waals surface area contributed by atoms with Gasteiger partial charge in [0, 0.05) is 31.9 Å². The Kier molecular flexibility index (Phi) is 2.73. The van der Waals surface area contributed by atoms with E-state index < -0.39 is 0 Å². The molecule has 0 aliphatic heterocycles. The Labute approximate surface area is 111 Å². The standard InChI is InChI=1S/C14H15N5/c1-16-6-5-11-9-19-13-4-3-10(8-15)7-12(13)17-14(19)18(11)2/h3-4,7,9,16H,5-6H2,1-2H3. The maximum Gasteiger partial charge on any atom is 0.214 e. The van der Waals surface area contributed by atoms with E-state index in [1.54, 1.807) is 0 Å². The second kappa shape index (κ2) is 4.41.